The Morgan fingerprint density at radius 3 is 2.28 bits per heavy atom. The first-order chi connectivity index (χ1) is 12.1. The van der Waals surface area contributed by atoms with Crippen LogP contribution in [-0.4, -0.2) is 41.0 Å². The third-order valence-electron chi connectivity index (χ3n) is 5.40. The fraction of sp³-hybridized carbons (Fsp3) is 0.600. The molecule has 3 rings (SSSR count). The van der Waals surface area contributed by atoms with Gasteiger partial charge in [-0.25, -0.2) is 0 Å². The summed E-state index contributed by atoms with van der Waals surface area (Å²) in [5.74, 6) is 0.348. The largest absolute Gasteiger partial charge is 0.393 e. The summed E-state index contributed by atoms with van der Waals surface area (Å²) in [4.78, 5) is 26.5. The number of amides is 2. The van der Waals surface area contributed by atoms with Crippen LogP contribution in [0.3, 0.4) is 0 Å². The van der Waals surface area contributed by atoms with E-state index in [9.17, 15) is 14.7 Å². The third kappa shape index (κ3) is 4.82. The second-order valence-corrected chi connectivity index (χ2v) is 7.27. The van der Waals surface area contributed by atoms with Crippen LogP contribution in [-0.2, 0) is 11.3 Å². The lowest BCUT2D eigenvalue weighted by Gasteiger charge is -2.29. The van der Waals surface area contributed by atoms with Crippen LogP contribution < -0.4 is 5.32 Å². The Bertz CT molecular complexity index is 585. The highest BCUT2D eigenvalue weighted by Gasteiger charge is 2.22. The smallest absolute Gasteiger partial charge is 0.253 e. The summed E-state index contributed by atoms with van der Waals surface area (Å²) >= 11 is 0. The number of hydrogen-bond acceptors (Lipinski definition) is 3. The van der Waals surface area contributed by atoms with Crippen LogP contribution in [0.5, 0.6) is 0 Å². The Kier molecular flexibility index (Phi) is 6.08. The number of rotatable bonds is 4. The van der Waals surface area contributed by atoms with Crippen LogP contribution in [0.2, 0.25) is 0 Å². The number of aliphatic hydroxyl groups excluding tert-OH is 1. The maximum Gasteiger partial charge on any atom is 0.253 e. The molecule has 25 heavy (non-hydrogen) atoms. The van der Waals surface area contributed by atoms with Crippen LogP contribution >= 0.6 is 0 Å². The van der Waals surface area contributed by atoms with Crippen molar-refractivity contribution >= 4 is 11.8 Å². The van der Waals surface area contributed by atoms with E-state index in [4.69, 9.17) is 0 Å². The van der Waals surface area contributed by atoms with Gasteiger partial charge < -0.3 is 15.3 Å². The van der Waals surface area contributed by atoms with Gasteiger partial charge >= 0.3 is 0 Å². The average molecular weight is 344 g/mol. The SMILES string of the molecule is O=C(NCc1ccc(C(=O)N2CCC(O)CC2)cc1)C1CCCCC1. The van der Waals surface area contributed by atoms with E-state index < -0.39 is 0 Å². The molecule has 1 saturated heterocycles. The van der Waals surface area contributed by atoms with Crippen molar-refractivity contribution in [3.05, 3.63) is 35.4 Å². The van der Waals surface area contributed by atoms with E-state index >= 15 is 0 Å². The van der Waals surface area contributed by atoms with E-state index in [1.54, 1.807) is 4.90 Å². The number of carbonyl (C=O) groups is 2. The molecule has 1 aliphatic carbocycles. The molecule has 0 aromatic heterocycles. The molecule has 1 aromatic rings. The molecule has 1 aliphatic heterocycles. The molecule has 0 bridgehead atoms. The molecule has 1 saturated carbocycles. The number of benzene rings is 1. The van der Waals surface area contributed by atoms with Gasteiger partial charge in [0.15, 0.2) is 0 Å². The number of likely N-dealkylation sites (tertiary alicyclic amines) is 1. The van der Waals surface area contributed by atoms with Gasteiger partial charge in [-0.05, 0) is 43.4 Å². The van der Waals surface area contributed by atoms with Crippen LogP contribution in [0.15, 0.2) is 24.3 Å². The normalized spacial score (nSPS) is 19.6. The van der Waals surface area contributed by atoms with E-state index in [1.165, 1.54) is 6.42 Å². The molecule has 2 amide bonds. The van der Waals surface area contributed by atoms with Crippen molar-refractivity contribution in [2.75, 3.05) is 13.1 Å². The van der Waals surface area contributed by atoms with Crippen molar-refractivity contribution in [2.24, 2.45) is 5.92 Å². The van der Waals surface area contributed by atoms with Gasteiger partial charge in [-0.1, -0.05) is 31.4 Å². The molecular formula is C20H28N2O3. The summed E-state index contributed by atoms with van der Waals surface area (Å²) in [7, 11) is 0. The zero-order chi connectivity index (χ0) is 17.6. The molecule has 136 valence electrons. The fourth-order valence-electron chi connectivity index (χ4n) is 3.71. The summed E-state index contributed by atoms with van der Waals surface area (Å²) in [6, 6.07) is 7.48. The van der Waals surface area contributed by atoms with Crippen LogP contribution in [0.1, 0.15) is 60.9 Å². The number of nitrogens with one attached hydrogen (secondary N) is 1. The Morgan fingerprint density at radius 1 is 1.00 bits per heavy atom. The molecule has 0 unspecified atom stereocenters. The molecule has 2 aliphatic rings. The lowest BCUT2D eigenvalue weighted by molar-refractivity contribution is -0.126. The number of nitrogens with zero attached hydrogens (tertiary/aromatic N) is 1. The van der Waals surface area contributed by atoms with Gasteiger partial charge in [0.25, 0.3) is 5.91 Å². The van der Waals surface area contributed by atoms with Gasteiger partial charge in [0.05, 0.1) is 6.10 Å². The van der Waals surface area contributed by atoms with Crippen molar-refractivity contribution in [2.45, 2.75) is 57.6 Å². The number of carbonyl (C=O) groups excluding carboxylic acids is 2. The van der Waals surface area contributed by atoms with Crippen molar-refractivity contribution in [3.63, 3.8) is 0 Å². The Balaban J connectivity index is 1.50. The van der Waals surface area contributed by atoms with Gasteiger partial charge in [-0.2, -0.15) is 0 Å². The lowest BCUT2D eigenvalue weighted by Crippen LogP contribution is -2.40. The molecule has 0 atom stereocenters. The minimum absolute atomic E-state index is 0.0182. The first-order valence-electron chi connectivity index (χ1n) is 9.47. The van der Waals surface area contributed by atoms with Gasteiger partial charge in [-0.15, -0.1) is 0 Å². The highest BCUT2D eigenvalue weighted by atomic mass is 16.3. The highest BCUT2D eigenvalue weighted by Crippen LogP contribution is 2.23. The average Bonchev–Trinajstić information content (AvgIpc) is 2.67. The second-order valence-electron chi connectivity index (χ2n) is 7.27. The van der Waals surface area contributed by atoms with Crippen LogP contribution in [0.25, 0.3) is 0 Å². The zero-order valence-electron chi connectivity index (χ0n) is 14.7. The third-order valence-corrected chi connectivity index (χ3v) is 5.40. The minimum atomic E-state index is -0.279. The van der Waals surface area contributed by atoms with E-state index in [0.29, 0.717) is 38.0 Å². The molecule has 0 radical (unpaired) electrons. The van der Waals surface area contributed by atoms with Gasteiger partial charge in [-0.3, -0.25) is 9.59 Å². The second kappa shape index (κ2) is 8.48. The monoisotopic (exact) mass is 344 g/mol. The predicted octanol–water partition coefficient (Wildman–Crippen LogP) is 2.48. The maximum atomic E-state index is 12.5. The maximum absolute atomic E-state index is 12.5. The van der Waals surface area contributed by atoms with Crippen LogP contribution in [0, 0.1) is 5.92 Å². The molecule has 1 heterocycles. The summed E-state index contributed by atoms with van der Waals surface area (Å²) in [5, 5.41) is 12.6. The summed E-state index contributed by atoms with van der Waals surface area (Å²) < 4.78 is 0. The number of aliphatic hydroxyl groups is 1. The number of hydrogen-bond donors (Lipinski definition) is 2. The molecule has 2 N–H and O–H groups in total. The summed E-state index contributed by atoms with van der Waals surface area (Å²) in [6.45, 7) is 1.73. The standard InChI is InChI=1S/C20H28N2O3/c23-18-10-12-22(13-11-18)20(25)17-8-6-15(7-9-17)14-21-19(24)16-4-2-1-3-5-16/h6-9,16,18,23H,1-5,10-14H2,(H,21,24). The topological polar surface area (TPSA) is 69.6 Å². The Morgan fingerprint density at radius 2 is 1.64 bits per heavy atom. The van der Waals surface area contributed by atoms with Gasteiger partial charge in [0.2, 0.25) is 5.91 Å². The lowest BCUT2D eigenvalue weighted by atomic mass is 9.88. The molecule has 1 aromatic carbocycles. The molecular weight excluding hydrogens is 316 g/mol. The van der Waals surface area contributed by atoms with E-state index in [2.05, 4.69) is 5.32 Å². The summed E-state index contributed by atoms with van der Waals surface area (Å²) in [5.41, 5.74) is 1.67. The van der Waals surface area contributed by atoms with Crippen LogP contribution in [0.4, 0.5) is 0 Å². The quantitative estimate of drug-likeness (QED) is 0.882. The Labute approximate surface area is 149 Å². The van der Waals surface area contributed by atoms with E-state index in [0.717, 1.165) is 31.2 Å². The molecule has 5 heteroatoms. The van der Waals surface area contributed by atoms with Gasteiger partial charge in [0, 0.05) is 31.1 Å². The van der Waals surface area contributed by atoms with Crippen molar-refractivity contribution in [1.29, 1.82) is 0 Å². The molecule has 2 fully saturated rings. The molecule has 5 nitrogen and oxygen atoms in total. The predicted molar refractivity (Wildman–Crippen MR) is 96.0 cm³/mol. The highest BCUT2D eigenvalue weighted by molar-refractivity contribution is 5.94. The Hall–Kier alpha value is -1.88. The van der Waals surface area contributed by atoms with E-state index in [1.807, 2.05) is 24.3 Å². The minimum Gasteiger partial charge on any atom is -0.393 e. The van der Waals surface area contributed by atoms with Gasteiger partial charge in [0.1, 0.15) is 0 Å². The molecule has 0 spiro atoms. The van der Waals surface area contributed by atoms with Crippen molar-refractivity contribution in [1.82, 2.24) is 10.2 Å². The first-order valence-corrected chi connectivity index (χ1v) is 9.47. The fourth-order valence-corrected chi connectivity index (χ4v) is 3.71. The van der Waals surface area contributed by atoms with Crippen molar-refractivity contribution < 1.29 is 14.7 Å². The van der Waals surface area contributed by atoms with E-state index in [-0.39, 0.29) is 23.8 Å². The number of piperidine rings is 1. The summed E-state index contributed by atoms with van der Waals surface area (Å²) in [6.07, 6.45) is 6.58. The zero-order valence-corrected chi connectivity index (χ0v) is 14.7. The first kappa shape index (κ1) is 17.9. The van der Waals surface area contributed by atoms with Crippen molar-refractivity contribution in [3.8, 4) is 0 Å².